The molecule has 2 N–H and O–H groups in total. The molecule has 0 radical (unpaired) electrons. The summed E-state index contributed by atoms with van der Waals surface area (Å²) in [6.45, 7) is 0. The molecule has 0 amide bonds. The molecule has 100 valence electrons. The summed E-state index contributed by atoms with van der Waals surface area (Å²) in [4.78, 5) is 8.08. The van der Waals surface area contributed by atoms with E-state index in [0.29, 0.717) is 5.69 Å². The molecule has 2 aromatic heterocycles. The molecule has 2 heterocycles. The van der Waals surface area contributed by atoms with Crippen LogP contribution < -0.4 is 5.73 Å². The van der Waals surface area contributed by atoms with Gasteiger partial charge in [0, 0.05) is 30.6 Å². The number of halogens is 1. The second-order valence-electron chi connectivity index (χ2n) is 4.37. The average molecular weight is 269 g/mol. The second kappa shape index (κ2) is 4.73. The van der Waals surface area contributed by atoms with Crippen molar-refractivity contribution < 1.29 is 4.39 Å². The van der Waals surface area contributed by atoms with E-state index < -0.39 is 0 Å². The Balaban J connectivity index is 2.15. The van der Waals surface area contributed by atoms with E-state index in [1.165, 1.54) is 12.1 Å². The number of nitrogen functional groups attached to an aromatic ring is 1. The molecule has 0 spiro atoms. The number of hydrogen-bond acceptors (Lipinski definition) is 4. The zero-order valence-corrected chi connectivity index (χ0v) is 10.8. The topological polar surface area (TPSA) is 69.6 Å². The summed E-state index contributed by atoms with van der Waals surface area (Å²) in [7, 11) is 1.82. The predicted octanol–water partition coefficient (Wildman–Crippen LogP) is 2.27. The summed E-state index contributed by atoms with van der Waals surface area (Å²) in [5, 5.41) is 4.41. The van der Waals surface area contributed by atoms with Crippen LogP contribution in [0.4, 0.5) is 10.3 Å². The van der Waals surface area contributed by atoms with Crippen LogP contribution in [0.3, 0.4) is 0 Å². The summed E-state index contributed by atoms with van der Waals surface area (Å²) in [6.07, 6.45) is 3.44. The summed E-state index contributed by atoms with van der Waals surface area (Å²) in [6, 6.07) is 7.95. The number of anilines is 1. The van der Waals surface area contributed by atoms with Crippen LogP contribution in [0.5, 0.6) is 0 Å². The quantitative estimate of drug-likeness (QED) is 0.774. The smallest absolute Gasteiger partial charge is 0.220 e. The highest BCUT2D eigenvalue weighted by Crippen LogP contribution is 2.29. The van der Waals surface area contributed by atoms with Crippen molar-refractivity contribution in [2.45, 2.75) is 0 Å². The summed E-state index contributed by atoms with van der Waals surface area (Å²) in [5.74, 6) is -0.0751. The molecule has 5 nitrogen and oxygen atoms in total. The van der Waals surface area contributed by atoms with Crippen molar-refractivity contribution in [1.82, 2.24) is 19.7 Å². The van der Waals surface area contributed by atoms with Gasteiger partial charge >= 0.3 is 0 Å². The molecule has 0 bridgehead atoms. The molecular weight excluding hydrogens is 257 g/mol. The van der Waals surface area contributed by atoms with Crippen LogP contribution in [-0.2, 0) is 7.05 Å². The fraction of sp³-hybridized carbons (Fsp3) is 0.0714. The molecule has 1 aromatic carbocycles. The summed E-state index contributed by atoms with van der Waals surface area (Å²) >= 11 is 0. The van der Waals surface area contributed by atoms with Crippen molar-refractivity contribution in [1.29, 1.82) is 0 Å². The Hall–Kier alpha value is -2.76. The molecule has 6 heteroatoms. The highest BCUT2D eigenvalue weighted by molar-refractivity contribution is 5.78. The molecular formula is C14H12FN5. The first kappa shape index (κ1) is 12.3. The van der Waals surface area contributed by atoms with Gasteiger partial charge in [0.2, 0.25) is 5.95 Å². The average Bonchev–Trinajstić information content (AvgIpc) is 2.82. The van der Waals surface area contributed by atoms with E-state index in [4.69, 9.17) is 5.73 Å². The number of hydrogen-bond donors (Lipinski definition) is 1. The Bertz CT molecular complexity index is 749. The van der Waals surface area contributed by atoms with Crippen molar-refractivity contribution in [2.24, 2.45) is 7.05 Å². The number of nitrogens with zero attached hydrogens (tertiary/aromatic N) is 4. The van der Waals surface area contributed by atoms with E-state index in [2.05, 4.69) is 15.1 Å². The van der Waals surface area contributed by atoms with Crippen LogP contribution in [0, 0.1) is 5.82 Å². The maximum Gasteiger partial charge on any atom is 0.220 e. The Kier molecular flexibility index (Phi) is 2.90. The first-order valence-electron chi connectivity index (χ1n) is 6.02. The highest BCUT2D eigenvalue weighted by Gasteiger charge is 2.13. The van der Waals surface area contributed by atoms with E-state index in [9.17, 15) is 4.39 Å². The number of benzene rings is 1. The van der Waals surface area contributed by atoms with Gasteiger partial charge < -0.3 is 5.73 Å². The number of nitrogens with two attached hydrogens (primary N) is 1. The van der Waals surface area contributed by atoms with Gasteiger partial charge in [-0.05, 0) is 30.3 Å². The standard InChI is InChI=1S/C14H12FN5/c1-20-8-11(12-6-7-17-14(16)18-12)13(19-20)9-2-4-10(15)5-3-9/h2-8H,1H3,(H2,16,17,18). The third-order valence-electron chi connectivity index (χ3n) is 2.90. The van der Waals surface area contributed by atoms with Gasteiger partial charge in [-0.3, -0.25) is 4.68 Å². The minimum absolute atomic E-state index is 0.205. The van der Waals surface area contributed by atoms with Crippen LogP contribution in [0.2, 0.25) is 0 Å². The third-order valence-corrected chi connectivity index (χ3v) is 2.90. The van der Waals surface area contributed by atoms with Crippen molar-refractivity contribution >= 4 is 5.95 Å². The van der Waals surface area contributed by atoms with E-state index in [1.807, 2.05) is 13.2 Å². The Morgan fingerprint density at radius 3 is 2.60 bits per heavy atom. The Morgan fingerprint density at radius 2 is 1.90 bits per heavy atom. The van der Waals surface area contributed by atoms with Crippen LogP contribution in [0.15, 0.2) is 42.7 Å². The molecule has 0 unspecified atom stereocenters. The highest BCUT2D eigenvalue weighted by atomic mass is 19.1. The SMILES string of the molecule is Cn1cc(-c2ccnc(N)n2)c(-c2ccc(F)cc2)n1. The van der Waals surface area contributed by atoms with Crippen molar-refractivity contribution in [2.75, 3.05) is 5.73 Å². The summed E-state index contributed by atoms with van der Waals surface area (Å²) < 4.78 is 14.7. The normalized spacial score (nSPS) is 10.7. The van der Waals surface area contributed by atoms with Crippen LogP contribution in [0.1, 0.15) is 0 Å². The summed E-state index contributed by atoms with van der Waals surface area (Å²) in [5.41, 5.74) is 8.67. The molecule has 0 aliphatic carbocycles. The van der Waals surface area contributed by atoms with Crippen LogP contribution in [0.25, 0.3) is 22.5 Å². The van der Waals surface area contributed by atoms with E-state index >= 15 is 0 Å². The molecule has 0 aliphatic heterocycles. The lowest BCUT2D eigenvalue weighted by Crippen LogP contribution is -1.95. The lowest BCUT2D eigenvalue weighted by atomic mass is 10.1. The minimum atomic E-state index is -0.280. The zero-order valence-electron chi connectivity index (χ0n) is 10.8. The van der Waals surface area contributed by atoms with Gasteiger partial charge in [-0.25, -0.2) is 14.4 Å². The largest absolute Gasteiger partial charge is 0.368 e. The van der Waals surface area contributed by atoms with E-state index in [0.717, 1.165) is 16.8 Å². The molecule has 0 aliphatic rings. The molecule has 3 rings (SSSR count). The van der Waals surface area contributed by atoms with Gasteiger partial charge in [0.15, 0.2) is 0 Å². The van der Waals surface area contributed by atoms with Gasteiger partial charge in [0.25, 0.3) is 0 Å². The Morgan fingerprint density at radius 1 is 1.15 bits per heavy atom. The van der Waals surface area contributed by atoms with Crippen LogP contribution in [-0.4, -0.2) is 19.7 Å². The first-order chi connectivity index (χ1) is 9.63. The molecule has 0 atom stereocenters. The minimum Gasteiger partial charge on any atom is -0.368 e. The second-order valence-corrected chi connectivity index (χ2v) is 4.37. The van der Waals surface area contributed by atoms with Crippen LogP contribution >= 0.6 is 0 Å². The van der Waals surface area contributed by atoms with Gasteiger partial charge in [0.05, 0.1) is 5.69 Å². The molecule has 0 saturated carbocycles. The lowest BCUT2D eigenvalue weighted by Gasteiger charge is -2.02. The van der Waals surface area contributed by atoms with Crippen molar-refractivity contribution in [3.05, 3.63) is 48.5 Å². The van der Waals surface area contributed by atoms with Gasteiger partial charge in [-0.1, -0.05) is 0 Å². The zero-order chi connectivity index (χ0) is 14.1. The molecule has 0 saturated heterocycles. The van der Waals surface area contributed by atoms with E-state index in [1.54, 1.807) is 29.1 Å². The van der Waals surface area contributed by atoms with Crippen molar-refractivity contribution in [3.63, 3.8) is 0 Å². The van der Waals surface area contributed by atoms with Gasteiger partial charge in [-0.2, -0.15) is 5.10 Å². The van der Waals surface area contributed by atoms with Gasteiger partial charge in [0.1, 0.15) is 11.5 Å². The maximum atomic E-state index is 13.0. The third kappa shape index (κ3) is 2.23. The Labute approximate surface area is 114 Å². The number of aromatic nitrogens is 4. The molecule has 20 heavy (non-hydrogen) atoms. The number of aryl methyl sites for hydroxylation is 1. The monoisotopic (exact) mass is 269 g/mol. The first-order valence-corrected chi connectivity index (χ1v) is 6.02. The fourth-order valence-corrected chi connectivity index (χ4v) is 2.02. The van der Waals surface area contributed by atoms with Crippen molar-refractivity contribution in [3.8, 4) is 22.5 Å². The molecule has 3 aromatic rings. The fourth-order valence-electron chi connectivity index (χ4n) is 2.02. The maximum absolute atomic E-state index is 13.0. The van der Waals surface area contributed by atoms with E-state index in [-0.39, 0.29) is 11.8 Å². The number of rotatable bonds is 2. The predicted molar refractivity (Wildman–Crippen MR) is 74.0 cm³/mol. The lowest BCUT2D eigenvalue weighted by molar-refractivity contribution is 0.628. The molecule has 0 fully saturated rings. The van der Waals surface area contributed by atoms with Gasteiger partial charge in [-0.15, -0.1) is 0 Å².